The Labute approximate surface area is 148 Å². The van der Waals surface area contributed by atoms with E-state index in [1.54, 1.807) is 26.0 Å². The highest BCUT2D eigenvalue weighted by molar-refractivity contribution is 7.89. The molecular weight excluding hydrogens is 346 g/mol. The van der Waals surface area contributed by atoms with E-state index in [1.165, 1.54) is 16.4 Å². The zero-order valence-corrected chi connectivity index (χ0v) is 15.3. The van der Waals surface area contributed by atoms with E-state index in [2.05, 4.69) is 10.6 Å². The molecule has 0 aliphatic carbocycles. The SMILES string of the molecule is CCN(CC)S(=O)(=O)c1ccc(CNC(=O)NCCCC(=O)O)cc1. The van der Waals surface area contributed by atoms with Gasteiger partial charge in [0, 0.05) is 32.6 Å². The maximum Gasteiger partial charge on any atom is 0.315 e. The lowest BCUT2D eigenvalue weighted by molar-refractivity contribution is -0.137. The summed E-state index contributed by atoms with van der Waals surface area (Å²) in [5.41, 5.74) is 0.763. The van der Waals surface area contributed by atoms with Gasteiger partial charge in [-0.3, -0.25) is 4.79 Å². The molecule has 0 bridgehead atoms. The number of urea groups is 1. The summed E-state index contributed by atoms with van der Waals surface area (Å²) in [7, 11) is -3.49. The molecule has 0 spiro atoms. The number of hydrogen-bond acceptors (Lipinski definition) is 4. The number of aliphatic carboxylic acids is 1. The van der Waals surface area contributed by atoms with Gasteiger partial charge in [-0.25, -0.2) is 13.2 Å². The highest BCUT2D eigenvalue weighted by Gasteiger charge is 2.21. The fourth-order valence-corrected chi connectivity index (χ4v) is 3.64. The molecule has 0 radical (unpaired) electrons. The van der Waals surface area contributed by atoms with Gasteiger partial charge >= 0.3 is 12.0 Å². The van der Waals surface area contributed by atoms with Gasteiger partial charge in [-0.2, -0.15) is 4.31 Å². The first-order valence-electron chi connectivity index (χ1n) is 8.13. The van der Waals surface area contributed by atoms with Gasteiger partial charge in [0.15, 0.2) is 0 Å². The second-order valence-corrected chi connectivity index (χ2v) is 7.28. The van der Waals surface area contributed by atoms with Crippen LogP contribution in [0.15, 0.2) is 29.2 Å². The van der Waals surface area contributed by atoms with E-state index in [9.17, 15) is 18.0 Å². The van der Waals surface area contributed by atoms with E-state index in [1.807, 2.05) is 0 Å². The van der Waals surface area contributed by atoms with E-state index in [0.717, 1.165) is 5.56 Å². The fraction of sp³-hybridized carbons (Fsp3) is 0.500. The van der Waals surface area contributed by atoms with Crippen LogP contribution in [-0.4, -0.2) is 49.5 Å². The Bertz CT molecular complexity index is 670. The smallest absolute Gasteiger partial charge is 0.315 e. The quantitative estimate of drug-likeness (QED) is 0.537. The van der Waals surface area contributed by atoms with Gasteiger partial charge in [-0.05, 0) is 24.1 Å². The Morgan fingerprint density at radius 2 is 1.68 bits per heavy atom. The summed E-state index contributed by atoms with van der Waals surface area (Å²) in [6, 6.07) is 5.96. The van der Waals surface area contributed by atoms with Crippen molar-refractivity contribution in [1.82, 2.24) is 14.9 Å². The number of carbonyl (C=O) groups excluding carboxylic acids is 1. The van der Waals surface area contributed by atoms with E-state index >= 15 is 0 Å². The van der Waals surface area contributed by atoms with Gasteiger partial charge in [-0.15, -0.1) is 0 Å². The van der Waals surface area contributed by atoms with Crippen molar-refractivity contribution in [2.24, 2.45) is 0 Å². The molecule has 2 amide bonds. The molecular formula is C16H25N3O5S. The summed E-state index contributed by atoms with van der Waals surface area (Å²) in [6.45, 7) is 4.91. The standard InChI is InChI=1S/C16H25N3O5S/c1-3-19(4-2)25(23,24)14-9-7-13(8-10-14)12-18-16(22)17-11-5-6-15(20)21/h7-10H,3-6,11-12H2,1-2H3,(H,20,21)(H2,17,18,22). The summed E-state index contributed by atoms with van der Waals surface area (Å²) in [5, 5.41) is 13.7. The van der Waals surface area contributed by atoms with Gasteiger partial charge < -0.3 is 15.7 Å². The van der Waals surface area contributed by atoms with E-state index in [0.29, 0.717) is 19.5 Å². The fourth-order valence-electron chi connectivity index (χ4n) is 2.18. The molecule has 0 aliphatic rings. The van der Waals surface area contributed by atoms with Crippen molar-refractivity contribution in [3.8, 4) is 0 Å². The molecule has 0 unspecified atom stereocenters. The number of nitrogens with one attached hydrogen (secondary N) is 2. The monoisotopic (exact) mass is 371 g/mol. The van der Waals surface area contributed by atoms with Crippen LogP contribution in [0, 0.1) is 0 Å². The molecule has 0 heterocycles. The lowest BCUT2D eigenvalue weighted by Gasteiger charge is -2.18. The van der Waals surface area contributed by atoms with Gasteiger partial charge in [-0.1, -0.05) is 26.0 Å². The van der Waals surface area contributed by atoms with Crippen molar-refractivity contribution in [2.45, 2.75) is 38.1 Å². The minimum absolute atomic E-state index is 0.00273. The molecule has 8 nitrogen and oxygen atoms in total. The molecule has 0 fully saturated rings. The van der Waals surface area contributed by atoms with E-state index in [-0.39, 0.29) is 24.4 Å². The summed E-state index contributed by atoms with van der Waals surface area (Å²) in [6.07, 6.45) is 0.365. The first kappa shape index (κ1) is 20.9. The van der Waals surface area contributed by atoms with Crippen LogP contribution in [0.2, 0.25) is 0 Å². The zero-order valence-electron chi connectivity index (χ0n) is 14.5. The van der Waals surface area contributed by atoms with Gasteiger partial charge in [0.25, 0.3) is 0 Å². The molecule has 3 N–H and O–H groups in total. The molecule has 25 heavy (non-hydrogen) atoms. The molecule has 1 rings (SSSR count). The van der Waals surface area contributed by atoms with E-state index in [4.69, 9.17) is 5.11 Å². The number of carbonyl (C=O) groups is 2. The van der Waals surface area contributed by atoms with Crippen LogP contribution in [0.1, 0.15) is 32.3 Å². The molecule has 0 aromatic heterocycles. The van der Waals surface area contributed by atoms with Crippen molar-refractivity contribution < 1.29 is 23.1 Å². The third kappa shape index (κ3) is 6.71. The minimum atomic E-state index is -3.49. The molecule has 9 heteroatoms. The Kier molecular flexibility index (Phi) is 8.36. The molecule has 1 aromatic carbocycles. The lowest BCUT2D eigenvalue weighted by atomic mass is 10.2. The maximum absolute atomic E-state index is 12.4. The lowest BCUT2D eigenvalue weighted by Crippen LogP contribution is -2.35. The van der Waals surface area contributed by atoms with Crippen LogP contribution >= 0.6 is 0 Å². The zero-order chi connectivity index (χ0) is 18.9. The number of rotatable bonds is 10. The number of amides is 2. The van der Waals surface area contributed by atoms with Crippen molar-refractivity contribution in [3.05, 3.63) is 29.8 Å². The topological polar surface area (TPSA) is 116 Å². The highest BCUT2D eigenvalue weighted by atomic mass is 32.2. The second-order valence-electron chi connectivity index (χ2n) is 5.34. The predicted molar refractivity (Wildman–Crippen MR) is 93.7 cm³/mol. The van der Waals surface area contributed by atoms with Crippen molar-refractivity contribution in [1.29, 1.82) is 0 Å². The van der Waals surface area contributed by atoms with Crippen molar-refractivity contribution in [2.75, 3.05) is 19.6 Å². The number of nitrogens with zero attached hydrogens (tertiary/aromatic N) is 1. The molecule has 0 atom stereocenters. The number of sulfonamides is 1. The Balaban J connectivity index is 2.52. The summed E-state index contributed by atoms with van der Waals surface area (Å²) in [5.74, 6) is -0.901. The first-order chi connectivity index (χ1) is 11.8. The Hall–Kier alpha value is -2.13. The largest absolute Gasteiger partial charge is 0.481 e. The molecule has 0 saturated carbocycles. The van der Waals surface area contributed by atoms with Crippen LogP contribution < -0.4 is 10.6 Å². The number of carboxylic acid groups (broad SMARTS) is 1. The third-order valence-corrected chi connectivity index (χ3v) is 5.64. The first-order valence-corrected chi connectivity index (χ1v) is 9.57. The summed E-state index contributed by atoms with van der Waals surface area (Å²) >= 11 is 0. The maximum atomic E-state index is 12.4. The number of hydrogen-bond donors (Lipinski definition) is 3. The van der Waals surface area contributed by atoms with Gasteiger partial charge in [0.05, 0.1) is 4.90 Å². The average Bonchev–Trinajstić information content (AvgIpc) is 2.58. The predicted octanol–water partition coefficient (Wildman–Crippen LogP) is 1.38. The average molecular weight is 371 g/mol. The molecule has 140 valence electrons. The summed E-state index contributed by atoms with van der Waals surface area (Å²) in [4.78, 5) is 22.2. The number of benzene rings is 1. The molecule has 0 saturated heterocycles. The molecule has 1 aromatic rings. The van der Waals surface area contributed by atoms with Crippen LogP contribution in [0.4, 0.5) is 4.79 Å². The second kappa shape index (κ2) is 10.00. The Morgan fingerprint density at radius 3 is 2.20 bits per heavy atom. The van der Waals surface area contributed by atoms with Gasteiger partial charge in [0.1, 0.15) is 0 Å². The van der Waals surface area contributed by atoms with Crippen LogP contribution in [0.25, 0.3) is 0 Å². The van der Waals surface area contributed by atoms with Crippen LogP contribution in [0.5, 0.6) is 0 Å². The molecule has 0 aliphatic heterocycles. The Morgan fingerprint density at radius 1 is 1.08 bits per heavy atom. The van der Waals surface area contributed by atoms with Crippen LogP contribution in [-0.2, 0) is 21.4 Å². The minimum Gasteiger partial charge on any atom is -0.481 e. The van der Waals surface area contributed by atoms with Crippen molar-refractivity contribution in [3.63, 3.8) is 0 Å². The van der Waals surface area contributed by atoms with Crippen molar-refractivity contribution >= 4 is 22.0 Å². The summed E-state index contributed by atoms with van der Waals surface area (Å²) < 4.78 is 26.1. The highest BCUT2D eigenvalue weighted by Crippen LogP contribution is 2.16. The van der Waals surface area contributed by atoms with Gasteiger partial charge in [0.2, 0.25) is 10.0 Å². The third-order valence-electron chi connectivity index (χ3n) is 3.57. The normalized spacial score (nSPS) is 11.3. The number of carboxylic acids is 1. The van der Waals surface area contributed by atoms with Crippen LogP contribution in [0.3, 0.4) is 0 Å². The van der Waals surface area contributed by atoms with E-state index < -0.39 is 22.0 Å².